The lowest BCUT2D eigenvalue weighted by Crippen LogP contribution is -2.40. The molecule has 22 heavy (non-hydrogen) atoms. The molecule has 3 rings (SSSR count). The Hall–Kier alpha value is -1.58. The lowest BCUT2D eigenvalue weighted by atomic mass is 9.85. The van der Waals surface area contributed by atoms with Gasteiger partial charge in [-0.05, 0) is 30.4 Å². The zero-order chi connectivity index (χ0) is 15.2. The number of hydrogen-bond donors (Lipinski definition) is 2. The second kappa shape index (κ2) is 7.61. The lowest BCUT2D eigenvalue weighted by molar-refractivity contribution is 0.315. The standard InChI is InChI=1S/C18H28N4/c1-19-18(21-12-10-15-9-5-6-11-20-15)22-17-13-16(17)14-7-3-2-4-8-14/h5-6,9,11,14,16-17H,2-4,7-8,10,12-13H2,1H3,(H2,19,21,22). The quantitative estimate of drug-likeness (QED) is 0.649. The summed E-state index contributed by atoms with van der Waals surface area (Å²) in [5.41, 5.74) is 1.12. The van der Waals surface area contributed by atoms with Gasteiger partial charge in [0.1, 0.15) is 0 Å². The number of pyridine rings is 1. The van der Waals surface area contributed by atoms with Crippen LogP contribution in [0.5, 0.6) is 0 Å². The molecule has 4 heteroatoms. The van der Waals surface area contributed by atoms with Crippen LogP contribution in [-0.4, -0.2) is 30.6 Å². The van der Waals surface area contributed by atoms with Crippen LogP contribution < -0.4 is 10.6 Å². The Morgan fingerprint density at radius 1 is 1.27 bits per heavy atom. The molecule has 2 aliphatic carbocycles. The molecule has 0 aliphatic heterocycles. The Kier molecular flexibility index (Phi) is 5.30. The van der Waals surface area contributed by atoms with E-state index in [2.05, 4.69) is 26.7 Å². The molecule has 0 radical (unpaired) electrons. The van der Waals surface area contributed by atoms with Crippen LogP contribution in [0.25, 0.3) is 0 Å². The van der Waals surface area contributed by atoms with Crippen molar-refractivity contribution in [1.82, 2.24) is 15.6 Å². The van der Waals surface area contributed by atoms with E-state index in [1.165, 1.54) is 38.5 Å². The van der Waals surface area contributed by atoms with E-state index in [1.807, 2.05) is 25.4 Å². The van der Waals surface area contributed by atoms with Gasteiger partial charge in [0, 0.05) is 37.9 Å². The van der Waals surface area contributed by atoms with Gasteiger partial charge in [-0.25, -0.2) is 0 Å². The van der Waals surface area contributed by atoms with Gasteiger partial charge in [0.2, 0.25) is 0 Å². The molecule has 0 saturated heterocycles. The molecule has 120 valence electrons. The van der Waals surface area contributed by atoms with Crippen molar-refractivity contribution in [2.24, 2.45) is 16.8 Å². The van der Waals surface area contributed by atoms with Gasteiger partial charge in [-0.2, -0.15) is 0 Å². The van der Waals surface area contributed by atoms with E-state index in [0.717, 1.165) is 36.5 Å². The van der Waals surface area contributed by atoms with Crippen molar-refractivity contribution in [2.75, 3.05) is 13.6 Å². The molecule has 2 unspecified atom stereocenters. The maximum Gasteiger partial charge on any atom is 0.191 e. The molecule has 2 N–H and O–H groups in total. The molecule has 0 spiro atoms. The van der Waals surface area contributed by atoms with E-state index < -0.39 is 0 Å². The SMILES string of the molecule is CN=C(NCCc1ccccn1)NC1CC1C1CCCCC1. The lowest BCUT2D eigenvalue weighted by Gasteiger charge is -2.22. The van der Waals surface area contributed by atoms with E-state index in [0.29, 0.717) is 6.04 Å². The summed E-state index contributed by atoms with van der Waals surface area (Å²) in [6.45, 7) is 0.873. The fourth-order valence-corrected chi connectivity index (χ4v) is 3.69. The summed E-state index contributed by atoms with van der Waals surface area (Å²) in [6, 6.07) is 6.70. The van der Waals surface area contributed by atoms with Gasteiger partial charge >= 0.3 is 0 Å². The van der Waals surface area contributed by atoms with Crippen LogP contribution in [0.4, 0.5) is 0 Å². The smallest absolute Gasteiger partial charge is 0.191 e. The Labute approximate surface area is 133 Å². The first-order valence-corrected chi connectivity index (χ1v) is 8.74. The highest BCUT2D eigenvalue weighted by Gasteiger charge is 2.43. The van der Waals surface area contributed by atoms with Crippen LogP contribution in [-0.2, 0) is 6.42 Å². The molecular formula is C18H28N4. The van der Waals surface area contributed by atoms with E-state index in [-0.39, 0.29) is 0 Å². The van der Waals surface area contributed by atoms with Crippen molar-refractivity contribution in [1.29, 1.82) is 0 Å². The van der Waals surface area contributed by atoms with Gasteiger partial charge in [0.25, 0.3) is 0 Å². The Morgan fingerprint density at radius 3 is 2.86 bits per heavy atom. The van der Waals surface area contributed by atoms with E-state index in [4.69, 9.17) is 0 Å². The topological polar surface area (TPSA) is 49.3 Å². The summed E-state index contributed by atoms with van der Waals surface area (Å²) < 4.78 is 0. The summed E-state index contributed by atoms with van der Waals surface area (Å²) in [5.74, 6) is 2.78. The van der Waals surface area contributed by atoms with Gasteiger partial charge < -0.3 is 10.6 Å². The summed E-state index contributed by atoms with van der Waals surface area (Å²) in [5, 5.41) is 7.00. The molecule has 2 fully saturated rings. The van der Waals surface area contributed by atoms with Gasteiger partial charge in [-0.15, -0.1) is 0 Å². The first kappa shape index (κ1) is 15.3. The van der Waals surface area contributed by atoms with Crippen molar-refractivity contribution in [3.05, 3.63) is 30.1 Å². The Morgan fingerprint density at radius 2 is 2.14 bits per heavy atom. The molecule has 2 saturated carbocycles. The highest BCUT2D eigenvalue weighted by molar-refractivity contribution is 5.80. The fourth-order valence-electron chi connectivity index (χ4n) is 3.69. The van der Waals surface area contributed by atoms with E-state index in [9.17, 15) is 0 Å². The fraction of sp³-hybridized carbons (Fsp3) is 0.667. The normalized spacial score (nSPS) is 25.8. The molecular weight excluding hydrogens is 272 g/mol. The number of nitrogens with one attached hydrogen (secondary N) is 2. The summed E-state index contributed by atoms with van der Waals surface area (Å²) in [4.78, 5) is 8.70. The molecule has 1 heterocycles. The minimum atomic E-state index is 0.643. The number of aliphatic imine (C=N–C) groups is 1. The summed E-state index contributed by atoms with van der Waals surface area (Å²) >= 11 is 0. The number of rotatable bonds is 5. The molecule has 2 aliphatic rings. The van der Waals surface area contributed by atoms with Gasteiger partial charge in [0.05, 0.1) is 0 Å². The predicted molar refractivity (Wildman–Crippen MR) is 90.9 cm³/mol. The third kappa shape index (κ3) is 4.21. The first-order chi connectivity index (χ1) is 10.9. The minimum absolute atomic E-state index is 0.643. The average molecular weight is 300 g/mol. The second-order valence-electron chi connectivity index (χ2n) is 6.62. The summed E-state index contributed by atoms with van der Waals surface area (Å²) in [6.07, 6.45) is 11.3. The van der Waals surface area contributed by atoms with Crippen LogP contribution in [0.1, 0.15) is 44.2 Å². The van der Waals surface area contributed by atoms with E-state index >= 15 is 0 Å². The molecule has 4 nitrogen and oxygen atoms in total. The predicted octanol–water partition coefficient (Wildman–Crippen LogP) is 2.76. The molecule has 0 aromatic carbocycles. The Balaban J connectivity index is 1.38. The van der Waals surface area contributed by atoms with Crippen LogP contribution >= 0.6 is 0 Å². The highest BCUT2D eigenvalue weighted by Crippen LogP contribution is 2.44. The van der Waals surface area contributed by atoms with Gasteiger partial charge in [-0.3, -0.25) is 9.98 Å². The van der Waals surface area contributed by atoms with Crippen LogP contribution in [0.3, 0.4) is 0 Å². The molecule has 0 amide bonds. The molecule has 1 aromatic rings. The van der Waals surface area contributed by atoms with Crippen LogP contribution in [0.15, 0.2) is 29.4 Å². The molecule has 0 bridgehead atoms. The number of aromatic nitrogens is 1. The zero-order valence-corrected chi connectivity index (χ0v) is 13.6. The van der Waals surface area contributed by atoms with Gasteiger partial charge in [-0.1, -0.05) is 38.2 Å². The number of hydrogen-bond acceptors (Lipinski definition) is 2. The van der Waals surface area contributed by atoms with Crippen LogP contribution in [0.2, 0.25) is 0 Å². The minimum Gasteiger partial charge on any atom is -0.356 e. The van der Waals surface area contributed by atoms with Crippen molar-refractivity contribution in [3.63, 3.8) is 0 Å². The Bertz CT molecular complexity index is 479. The third-order valence-electron chi connectivity index (χ3n) is 5.04. The monoisotopic (exact) mass is 300 g/mol. The largest absolute Gasteiger partial charge is 0.356 e. The molecule has 2 atom stereocenters. The van der Waals surface area contributed by atoms with Crippen molar-refractivity contribution in [2.45, 2.75) is 51.0 Å². The van der Waals surface area contributed by atoms with Gasteiger partial charge in [0.15, 0.2) is 5.96 Å². The van der Waals surface area contributed by atoms with Crippen molar-refractivity contribution in [3.8, 4) is 0 Å². The number of guanidine groups is 1. The van der Waals surface area contributed by atoms with Crippen LogP contribution in [0, 0.1) is 11.8 Å². The zero-order valence-electron chi connectivity index (χ0n) is 13.6. The van der Waals surface area contributed by atoms with Crippen molar-refractivity contribution >= 4 is 5.96 Å². The third-order valence-corrected chi connectivity index (χ3v) is 5.04. The maximum atomic E-state index is 4.35. The average Bonchev–Trinajstić information content (AvgIpc) is 3.35. The van der Waals surface area contributed by atoms with Crippen molar-refractivity contribution < 1.29 is 0 Å². The first-order valence-electron chi connectivity index (χ1n) is 8.74. The molecule has 1 aromatic heterocycles. The maximum absolute atomic E-state index is 4.35. The second-order valence-corrected chi connectivity index (χ2v) is 6.62. The number of nitrogens with zero attached hydrogens (tertiary/aromatic N) is 2. The van der Waals surface area contributed by atoms with E-state index in [1.54, 1.807) is 0 Å². The highest BCUT2D eigenvalue weighted by atomic mass is 15.2. The summed E-state index contributed by atoms with van der Waals surface area (Å²) in [7, 11) is 1.86.